The minimum absolute atomic E-state index is 0.0407. The smallest absolute Gasteiger partial charge is 0.241 e. The molecule has 1 aromatic rings. The Morgan fingerprint density at radius 2 is 1.59 bits per heavy atom. The van der Waals surface area contributed by atoms with Gasteiger partial charge in [0.05, 0.1) is 6.54 Å². The summed E-state index contributed by atoms with van der Waals surface area (Å²) in [6.45, 7) is 1.33. The first-order valence-corrected chi connectivity index (χ1v) is 12.7. The first-order chi connectivity index (χ1) is 16.5. The van der Waals surface area contributed by atoms with Crippen LogP contribution in [0, 0.1) is 29.1 Å². The molecule has 7 rings (SSSR count). The molecule has 182 valence electrons. The number of anilines is 1. The average Bonchev–Trinajstić information content (AvgIpc) is 3.29. The van der Waals surface area contributed by atoms with Crippen LogP contribution in [0.4, 0.5) is 5.69 Å². The summed E-state index contributed by atoms with van der Waals surface area (Å²) in [4.78, 5) is 40.4. The Kier molecular flexibility index (Phi) is 5.41. The summed E-state index contributed by atoms with van der Waals surface area (Å²) in [5.74, 6) is 3.29. The number of hydrogen-bond donors (Lipinski definition) is 2. The van der Waals surface area contributed by atoms with Crippen LogP contribution < -0.4 is 20.1 Å². The van der Waals surface area contributed by atoms with Crippen molar-refractivity contribution in [2.45, 2.75) is 51.4 Å². The molecule has 4 bridgehead atoms. The molecule has 0 spiro atoms. The van der Waals surface area contributed by atoms with Crippen LogP contribution in [0.2, 0.25) is 0 Å². The van der Waals surface area contributed by atoms with Gasteiger partial charge < -0.3 is 25.0 Å². The summed E-state index contributed by atoms with van der Waals surface area (Å²) in [5, 5.41) is 5.95. The lowest BCUT2D eigenvalue weighted by Crippen LogP contribution is -2.55. The monoisotopic (exact) mass is 467 g/mol. The molecule has 2 aliphatic heterocycles. The Morgan fingerprint density at radius 3 is 2.26 bits per heavy atom. The summed E-state index contributed by atoms with van der Waals surface area (Å²) >= 11 is 0. The Morgan fingerprint density at radius 1 is 0.941 bits per heavy atom. The van der Waals surface area contributed by atoms with E-state index in [1.54, 1.807) is 23.1 Å². The van der Waals surface area contributed by atoms with E-state index in [0.717, 1.165) is 19.3 Å². The zero-order chi connectivity index (χ0) is 23.3. The third kappa shape index (κ3) is 4.01. The molecule has 0 aromatic heterocycles. The molecule has 1 saturated heterocycles. The van der Waals surface area contributed by atoms with Crippen molar-refractivity contribution < 1.29 is 23.9 Å². The van der Waals surface area contributed by atoms with Crippen molar-refractivity contribution in [1.29, 1.82) is 0 Å². The zero-order valence-electron chi connectivity index (χ0n) is 19.5. The molecule has 6 aliphatic rings. The molecule has 0 unspecified atom stereocenters. The molecule has 3 amide bonds. The predicted octanol–water partition coefficient (Wildman–Crippen LogP) is 2.93. The largest absolute Gasteiger partial charge is 0.454 e. The van der Waals surface area contributed by atoms with Gasteiger partial charge in [-0.25, -0.2) is 0 Å². The van der Waals surface area contributed by atoms with Crippen LogP contribution in [-0.2, 0) is 14.4 Å². The molecule has 8 heteroatoms. The lowest BCUT2D eigenvalue weighted by atomic mass is 9.49. The maximum atomic E-state index is 13.1. The summed E-state index contributed by atoms with van der Waals surface area (Å²) in [6.07, 6.45) is 8.12. The highest BCUT2D eigenvalue weighted by Crippen LogP contribution is 2.60. The first-order valence-electron chi connectivity index (χ1n) is 12.7. The van der Waals surface area contributed by atoms with E-state index in [2.05, 4.69) is 10.6 Å². The number of nitrogens with one attached hydrogen (secondary N) is 2. The highest BCUT2D eigenvalue weighted by molar-refractivity contribution is 5.93. The van der Waals surface area contributed by atoms with Crippen molar-refractivity contribution in [3.63, 3.8) is 0 Å². The lowest BCUT2D eigenvalue weighted by Gasteiger charge is -2.55. The van der Waals surface area contributed by atoms with Gasteiger partial charge in [-0.2, -0.15) is 0 Å². The molecule has 2 heterocycles. The molecule has 34 heavy (non-hydrogen) atoms. The fourth-order valence-corrected chi connectivity index (χ4v) is 7.45. The number of rotatable bonds is 5. The highest BCUT2D eigenvalue weighted by Gasteiger charge is 2.54. The topological polar surface area (TPSA) is 97.0 Å². The predicted molar refractivity (Wildman–Crippen MR) is 124 cm³/mol. The van der Waals surface area contributed by atoms with Crippen molar-refractivity contribution in [2.75, 3.05) is 31.7 Å². The second kappa shape index (κ2) is 8.47. The molecule has 2 N–H and O–H groups in total. The fourth-order valence-electron chi connectivity index (χ4n) is 7.45. The molecule has 4 aliphatic carbocycles. The quantitative estimate of drug-likeness (QED) is 0.694. The Balaban J connectivity index is 0.969. The van der Waals surface area contributed by atoms with E-state index in [1.165, 1.54) is 19.3 Å². The van der Waals surface area contributed by atoms with Crippen molar-refractivity contribution in [3.05, 3.63) is 18.2 Å². The van der Waals surface area contributed by atoms with E-state index >= 15 is 0 Å². The molecule has 8 nitrogen and oxygen atoms in total. The van der Waals surface area contributed by atoms with Crippen LogP contribution in [0.15, 0.2) is 18.2 Å². The van der Waals surface area contributed by atoms with Crippen LogP contribution in [0.3, 0.4) is 0 Å². The van der Waals surface area contributed by atoms with Crippen molar-refractivity contribution in [3.8, 4) is 11.5 Å². The van der Waals surface area contributed by atoms with Gasteiger partial charge in [0.15, 0.2) is 11.5 Å². The van der Waals surface area contributed by atoms with E-state index in [-0.39, 0.29) is 42.4 Å². The van der Waals surface area contributed by atoms with Gasteiger partial charge in [-0.3, -0.25) is 14.4 Å². The Labute approximate surface area is 199 Å². The van der Waals surface area contributed by atoms with E-state index in [0.29, 0.717) is 60.9 Å². The summed E-state index contributed by atoms with van der Waals surface area (Å²) in [7, 11) is 0. The number of piperidine rings is 1. The van der Waals surface area contributed by atoms with Gasteiger partial charge in [0.25, 0.3) is 0 Å². The molecule has 1 aromatic carbocycles. The van der Waals surface area contributed by atoms with Crippen LogP contribution in [-0.4, -0.2) is 49.0 Å². The Hall–Kier alpha value is -2.77. The van der Waals surface area contributed by atoms with E-state index in [4.69, 9.17) is 9.47 Å². The van der Waals surface area contributed by atoms with E-state index < -0.39 is 0 Å². The second-order valence-electron chi connectivity index (χ2n) is 11.1. The van der Waals surface area contributed by atoms with Crippen LogP contribution in [0.5, 0.6) is 11.5 Å². The fraction of sp³-hybridized carbons (Fsp3) is 0.654. The standard InChI is InChI=1S/C26H33N3O5/c30-23(14-27-25(32)26-11-16-7-17(12-26)9-18(8-16)13-26)29-5-3-19(4-6-29)24(31)28-20-1-2-21-22(10-20)34-15-33-21/h1-2,10,16-19H,3-9,11-15H2,(H,27,32)(H,28,31). The van der Waals surface area contributed by atoms with Gasteiger partial charge in [-0.15, -0.1) is 0 Å². The van der Waals surface area contributed by atoms with E-state index in [9.17, 15) is 14.4 Å². The normalized spacial score (nSPS) is 31.4. The number of amides is 3. The van der Waals surface area contributed by atoms with E-state index in [1.807, 2.05) is 0 Å². The molecule has 0 atom stereocenters. The van der Waals surface area contributed by atoms with Gasteiger partial charge in [0.1, 0.15) is 0 Å². The van der Waals surface area contributed by atoms with Crippen LogP contribution in [0.1, 0.15) is 51.4 Å². The SMILES string of the molecule is O=C(Nc1ccc2c(c1)OCO2)C1CCN(C(=O)CNC(=O)C23CC4CC(CC(C4)C2)C3)CC1. The maximum absolute atomic E-state index is 13.1. The number of nitrogens with zero attached hydrogens (tertiary/aromatic N) is 1. The molecule has 0 radical (unpaired) electrons. The summed E-state index contributed by atoms with van der Waals surface area (Å²) in [6, 6.07) is 5.36. The molecule has 4 saturated carbocycles. The summed E-state index contributed by atoms with van der Waals surface area (Å²) in [5.41, 5.74) is 0.453. The third-order valence-corrected chi connectivity index (χ3v) is 8.78. The number of ether oxygens (including phenoxy) is 2. The number of fused-ring (bicyclic) bond motifs is 1. The molecule has 5 fully saturated rings. The van der Waals surface area contributed by atoms with Gasteiger partial charge in [0, 0.05) is 36.2 Å². The van der Waals surface area contributed by atoms with Crippen LogP contribution in [0.25, 0.3) is 0 Å². The van der Waals surface area contributed by atoms with Gasteiger partial charge in [-0.05, 0) is 81.3 Å². The zero-order valence-corrected chi connectivity index (χ0v) is 19.5. The number of carbonyl (C=O) groups excluding carboxylic acids is 3. The average molecular weight is 468 g/mol. The molecular formula is C26H33N3O5. The van der Waals surface area contributed by atoms with Gasteiger partial charge in [-0.1, -0.05) is 0 Å². The third-order valence-electron chi connectivity index (χ3n) is 8.78. The first kappa shape index (κ1) is 21.7. The maximum Gasteiger partial charge on any atom is 0.241 e. The second-order valence-corrected chi connectivity index (χ2v) is 11.1. The summed E-state index contributed by atoms with van der Waals surface area (Å²) < 4.78 is 10.7. The minimum atomic E-state index is -0.227. The van der Waals surface area contributed by atoms with Crippen molar-refractivity contribution in [1.82, 2.24) is 10.2 Å². The van der Waals surface area contributed by atoms with Crippen molar-refractivity contribution >= 4 is 23.4 Å². The number of hydrogen-bond acceptors (Lipinski definition) is 5. The number of likely N-dealkylation sites (tertiary alicyclic amines) is 1. The number of carbonyl (C=O) groups is 3. The van der Waals surface area contributed by atoms with Gasteiger partial charge >= 0.3 is 0 Å². The van der Waals surface area contributed by atoms with Gasteiger partial charge in [0.2, 0.25) is 24.5 Å². The lowest BCUT2D eigenvalue weighted by molar-refractivity contribution is -0.148. The van der Waals surface area contributed by atoms with Crippen LogP contribution >= 0.6 is 0 Å². The molecular weight excluding hydrogens is 434 g/mol. The highest BCUT2D eigenvalue weighted by atomic mass is 16.7. The number of benzene rings is 1. The van der Waals surface area contributed by atoms with Crippen molar-refractivity contribution in [2.24, 2.45) is 29.1 Å². The minimum Gasteiger partial charge on any atom is -0.454 e. The Bertz CT molecular complexity index is 965.